The Kier molecular flexibility index (Phi) is 5.50. The second kappa shape index (κ2) is 8.60. The minimum absolute atomic E-state index is 0.633. The Morgan fingerprint density at radius 2 is 1.81 bits per heavy atom. The SMILES string of the molecule is Cc1ccc(-c2ccc3nccc(Nc4ccc(N5CCC(N(C)C)C5)cc4)c3c2)nc1. The number of likely N-dealkylation sites (N-methyl/N-ethyl adjacent to an activating group) is 1. The molecule has 0 saturated carbocycles. The van der Waals surface area contributed by atoms with Crippen LogP contribution in [0.5, 0.6) is 0 Å². The monoisotopic (exact) mass is 423 g/mol. The van der Waals surface area contributed by atoms with E-state index in [-0.39, 0.29) is 0 Å². The van der Waals surface area contributed by atoms with Crippen LogP contribution >= 0.6 is 0 Å². The van der Waals surface area contributed by atoms with Gasteiger partial charge in [0.2, 0.25) is 0 Å². The van der Waals surface area contributed by atoms with Crippen LogP contribution in [0.15, 0.2) is 73.1 Å². The summed E-state index contributed by atoms with van der Waals surface area (Å²) in [4.78, 5) is 13.9. The molecule has 0 bridgehead atoms. The quantitative estimate of drug-likeness (QED) is 0.460. The third-order valence-corrected chi connectivity index (χ3v) is 6.35. The Morgan fingerprint density at radius 3 is 2.53 bits per heavy atom. The van der Waals surface area contributed by atoms with Gasteiger partial charge in [0, 0.05) is 59.5 Å². The van der Waals surface area contributed by atoms with Gasteiger partial charge in [-0.1, -0.05) is 12.1 Å². The molecular formula is C27H29N5. The molecule has 1 saturated heterocycles. The first-order valence-electron chi connectivity index (χ1n) is 11.2. The number of aromatic nitrogens is 2. The van der Waals surface area contributed by atoms with Gasteiger partial charge in [0.15, 0.2) is 0 Å². The lowest BCUT2D eigenvalue weighted by Crippen LogP contribution is -2.31. The van der Waals surface area contributed by atoms with Gasteiger partial charge in [0.25, 0.3) is 0 Å². The van der Waals surface area contributed by atoms with E-state index in [4.69, 9.17) is 0 Å². The zero-order chi connectivity index (χ0) is 22.1. The zero-order valence-corrected chi connectivity index (χ0v) is 18.9. The van der Waals surface area contributed by atoms with Crippen molar-refractivity contribution >= 4 is 28.0 Å². The highest BCUT2D eigenvalue weighted by Crippen LogP contribution is 2.30. The molecule has 0 amide bonds. The van der Waals surface area contributed by atoms with Gasteiger partial charge in [-0.2, -0.15) is 0 Å². The number of benzene rings is 2. The molecule has 1 unspecified atom stereocenters. The van der Waals surface area contributed by atoms with Crippen LogP contribution in [0, 0.1) is 6.92 Å². The first-order chi connectivity index (χ1) is 15.6. The van der Waals surface area contributed by atoms with Crippen molar-refractivity contribution in [2.24, 2.45) is 0 Å². The van der Waals surface area contributed by atoms with E-state index in [0.29, 0.717) is 6.04 Å². The van der Waals surface area contributed by atoms with Crippen LogP contribution in [-0.2, 0) is 0 Å². The number of rotatable bonds is 5. The highest BCUT2D eigenvalue weighted by atomic mass is 15.2. The van der Waals surface area contributed by atoms with Crippen molar-refractivity contribution in [3.63, 3.8) is 0 Å². The van der Waals surface area contributed by atoms with Crippen molar-refractivity contribution in [1.82, 2.24) is 14.9 Å². The molecule has 2 aromatic heterocycles. The molecule has 1 fully saturated rings. The molecular weight excluding hydrogens is 394 g/mol. The number of hydrogen-bond acceptors (Lipinski definition) is 5. The summed E-state index contributed by atoms with van der Waals surface area (Å²) in [5.41, 5.74) is 7.59. The van der Waals surface area contributed by atoms with Crippen LogP contribution in [-0.4, -0.2) is 48.1 Å². The molecule has 1 N–H and O–H groups in total. The van der Waals surface area contributed by atoms with E-state index < -0.39 is 0 Å². The van der Waals surface area contributed by atoms with Crippen LogP contribution in [0.4, 0.5) is 17.1 Å². The van der Waals surface area contributed by atoms with Gasteiger partial charge in [-0.15, -0.1) is 0 Å². The van der Waals surface area contributed by atoms with Crippen LogP contribution < -0.4 is 10.2 Å². The Morgan fingerprint density at radius 1 is 0.969 bits per heavy atom. The normalized spacial score (nSPS) is 16.1. The number of aryl methyl sites for hydroxylation is 1. The first kappa shape index (κ1) is 20.5. The molecule has 5 heteroatoms. The van der Waals surface area contributed by atoms with E-state index in [1.54, 1.807) is 0 Å². The molecule has 0 spiro atoms. The number of nitrogens with one attached hydrogen (secondary N) is 1. The second-order valence-electron chi connectivity index (χ2n) is 8.84. The number of anilines is 3. The zero-order valence-electron chi connectivity index (χ0n) is 18.9. The van der Waals surface area contributed by atoms with E-state index in [1.165, 1.54) is 12.1 Å². The molecule has 1 aliphatic heterocycles. The van der Waals surface area contributed by atoms with Crippen molar-refractivity contribution < 1.29 is 0 Å². The van der Waals surface area contributed by atoms with Crippen molar-refractivity contribution in [2.75, 3.05) is 37.4 Å². The van der Waals surface area contributed by atoms with Gasteiger partial charge in [-0.3, -0.25) is 9.97 Å². The molecule has 5 rings (SSSR count). The first-order valence-corrected chi connectivity index (χ1v) is 11.2. The minimum atomic E-state index is 0.633. The fourth-order valence-corrected chi connectivity index (χ4v) is 4.36. The van der Waals surface area contributed by atoms with Gasteiger partial charge in [-0.25, -0.2) is 0 Å². The molecule has 162 valence electrons. The Balaban J connectivity index is 1.39. The van der Waals surface area contributed by atoms with Crippen LogP contribution in [0.1, 0.15) is 12.0 Å². The van der Waals surface area contributed by atoms with E-state index in [2.05, 4.69) is 101 Å². The van der Waals surface area contributed by atoms with Gasteiger partial charge >= 0.3 is 0 Å². The summed E-state index contributed by atoms with van der Waals surface area (Å²) in [6, 6.07) is 21.9. The van der Waals surface area contributed by atoms with Gasteiger partial charge in [0.05, 0.1) is 11.2 Å². The lowest BCUT2D eigenvalue weighted by Gasteiger charge is -2.22. The fraction of sp³-hybridized carbons (Fsp3) is 0.259. The summed E-state index contributed by atoms with van der Waals surface area (Å²) in [5, 5.41) is 4.68. The molecule has 2 aromatic carbocycles. The number of fused-ring (bicyclic) bond motifs is 1. The van der Waals surface area contributed by atoms with Crippen molar-refractivity contribution in [1.29, 1.82) is 0 Å². The van der Waals surface area contributed by atoms with Crippen LogP contribution in [0.25, 0.3) is 22.2 Å². The molecule has 1 atom stereocenters. The largest absolute Gasteiger partial charge is 0.370 e. The predicted octanol–water partition coefficient (Wildman–Crippen LogP) is 5.49. The summed E-state index contributed by atoms with van der Waals surface area (Å²) in [7, 11) is 4.33. The minimum Gasteiger partial charge on any atom is -0.370 e. The maximum absolute atomic E-state index is 4.58. The highest BCUT2D eigenvalue weighted by Gasteiger charge is 2.23. The fourth-order valence-electron chi connectivity index (χ4n) is 4.36. The predicted molar refractivity (Wildman–Crippen MR) is 134 cm³/mol. The standard InChI is InChI=1S/C27H29N5/c1-19-4-10-25(29-17-19)20-5-11-26-24(16-20)27(12-14-28-26)30-21-6-8-22(9-7-21)32-15-13-23(18-32)31(2)3/h4-12,14,16-17,23H,13,15,18H2,1-3H3,(H,28,30). The highest BCUT2D eigenvalue weighted by molar-refractivity contribution is 5.95. The van der Waals surface area contributed by atoms with Crippen LogP contribution in [0.2, 0.25) is 0 Å². The Bertz CT molecular complexity index is 1220. The summed E-state index contributed by atoms with van der Waals surface area (Å²) in [5.74, 6) is 0. The molecule has 5 nitrogen and oxygen atoms in total. The topological polar surface area (TPSA) is 44.3 Å². The number of pyridine rings is 2. The van der Waals surface area contributed by atoms with Gasteiger partial charge in [-0.05, 0) is 81.5 Å². The van der Waals surface area contributed by atoms with Crippen LogP contribution in [0.3, 0.4) is 0 Å². The van der Waals surface area contributed by atoms with E-state index in [9.17, 15) is 0 Å². The smallest absolute Gasteiger partial charge is 0.0723 e. The average Bonchev–Trinajstić information content (AvgIpc) is 3.31. The molecule has 3 heterocycles. The molecule has 32 heavy (non-hydrogen) atoms. The van der Waals surface area contributed by atoms with Crippen molar-refractivity contribution in [3.05, 3.63) is 78.6 Å². The number of hydrogen-bond donors (Lipinski definition) is 1. The van der Waals surface area contributed by atoms with E-state index in [0.717, 1.165) is 52.2 Å². The summed E-state index contributed by atoms with van der Waals surface area (Å²) in [6.07, 6.45) is 4.98. The van der Waals surface area contributed by atoms with E-state index >= 15 is 0 Å². The van der Waals surface area contributed by atoms with Crippen molar-refractivity contribution in [2.45, 2.75) is 19.4 Å². The second-order valence-corrected chi connectivity index (χ2v) is 8.84. The maximum Gasteiger partial charge on any atom is 0.0723 e. The van der Waals surface area contributed by atoms with Gasteiger partial charge in [0.1, 0.15) is 0 Å². The van der Waals surface area contributed by atoms with Crippen molar-refractivity contribution in [3.8, 4) is 11.3 Å². The third-order valence-electron chi connectivity index (χ3n) is 6.35. The molecule has 4 aromatic rings. The summed E-state index contributed by atoms with van der Waals surface area (Å²) >= 11 is 0. The summed E-state index contributed by atoms with van der Waals surface area (Å²) in [6.45, 7) is 4.25. The van der Waals surface area contributed by atoms with Gasteiger partial charge < -0.3 is 15.1 Å². The van der Waals surface area contributed by atoms with E-state index in [1.807, 2.05) is 18.5 Å². The lowest BCUT2D eigenvalue weighted by atomic mass is 10.1. The molecule has 0 aliphatic carbocycles. The lowest BCUT2D eigenvalue weighted by molar-refractivity contribution is 0.315. The number of nitrogens with zero attached hydrogens (tertiary/aromatic N) is 4. The Hall–Kier alpha value is -3.44. The Labute approximate surface area is 189 Å². The average molecular weight is 424 g/mol. The maximum atomic E-state index is 4.58. The summed E-state index contributed by atoms with van der Waals surface area (Å²) < 4.78 is 0. The third kappa shape index (κ3) is 4.16. The molecule has 0 radical (unpaired) electrons. The molecule has 1 aliphatic rings.